The molecule has 49 heavy (non-hydrogen) atoms. The van der Waals surface area contributed by atoms with Gasteiger partial charge in [-0.3, -0.25) is 23.5 Å². The number of aliphatic hydroxyl groups is 3. The van der Waals surface area contributed by atoms with E-state index >= 15 is 0 Å². The molecule has 2 saturated heterocycles. The van der Waals surface area contributed by atoms with Gasteiger partial charge in [0.25, 0.3) is 0 Å². The molecule has 25 nitrogen and oxygen atoms in total. The van der Waals surface area contributed by atoms with Gasteiger partial charge in [0.15, 0.2) is 23.9 Å². The highest BCUT2D eigenvalue weighted by atomic mass is 31.3. The lowest BCUT2D eigenvalue weighted by Crippen LogP contribution is -2.35. The number of nitrogen functional groups attached to an aromatic ring is 1. The summed E-state index contributed by atoms with van der Waals surface area (Å²) in [5.74, 6) is -1.53. The van der Waals surface area contributed by atoms with Gasteiger partial charge in [0.05, 0.1) is 24.9 Å². The van der Waals surface area contributed by atoms with Crippen LogP contribution in [0, 0.1) is 5.41 Å². The Bertz CT molecular complexity index is 1920. The van der Waals surface area contributed by atoms with E-state index in [1.807, 2.05) is 0 Å². The molecule has 0 saturated carbocycles. The number of carboxylic acid groups (broad SMARTS) is 1. The summed E-state index contributed by atoms with van der Waals surface area (Å²) in [5, 5.41) is 48.0. The quantitative estimate of drug-likeness (QED) is 0.0818. The van der Waals surface area contributed by atoms with Crippen LogP contribution < -0.4 is 11.1 Å². The zero-order chi connectivity index (χ0) is 36.1. The van der Waals surface area contributed by atoms with Crippen molar-refractivity contribution in [1.29, 1.82) is 5.41 Å². The van der Waals surface area contributed by atoms with Crippen molar-refractivity contribution >= 4 is 46.4 Å². The number of imidazole rings is 1. The lowest BCUT2D eigenvalue weighted by Gasteiger charge is -2.22. The van der Waals surface area contributed by atoms with Crippen LogP contribution in [-0.2, 0) is 41.1 Å². The van der Waals surface area contributed by atoms with E-state index in [0.717, 1.165) is 34.1 Å². The number of nitrogens with zero attached hydrogens (tertiary/aromatic N) is 5. The highest BCUT2D eigenvalue weighted by Crippen LogP contribution is 2.61. The summed E-state index contributed by atoms with van der Waals surface area (Å²) >= 11 is 0. The number of carbonyl (C=O) groups is 1. The number of aromatic nitrogens is 5. The highest BCUT2D eigenvalue weighted by molar-refractivity contribution is 7.61. The van der Waals surface area contributed by atoms with Gasteiger partial charge in [-0.2, -0.15) is 4.31 Å². The van der Waals surface area contributed by atoms with Crippen LogP contribution in [0.1, 0.15) is 22.8 Å². The molecule has 5 rings (SSSR count). The number of nitrogens with one attached hydrogen (secondary N) is 1. The van der Waals surface area contributed by atoms with Crippen LogP contribution in [0.3, 0.4) is 0 Å². The first-order chi connectivity index (χ1) is 22.8. The van der Waals surface area contributed by atoms with Crippen molar-refractivity contribution in [3.8, 4) is 0 Å². The normalized spacial score (nSPS) is 29.9. The summed E-state index contributed by atoms with van der Waals surface area (Å²) in [5.41, 5.74) is 5.33. The molecule has 0 aromatic carbocycles. The molecule has 2 aliphatic rings. The van der Waals surface area contributed by atoms with E-state index in [-0.39, 0.29) is 22.3 Å². The number of rotatable bonds is 13. The zero-order valence-electron chi connectivity index (χ0n) is 24.2. The predicted octanol–water partition coefficient (Wildman–Crippen LogP) is -2.31. The number of anilines is 1. The minimum absolute atomic E-state index is 0.00955. The summed E-state index contributed by atoms with van der Waals surface area (Å²) < 4.78 is 68.0. The first kappa shape index (κ1) is 37.2. The van der Waals surface area contributed by atoms with Crippen LogP contribution in [0.2, 0.25) is 0 Å². The van der Waals surface area contributed by atoms with Crippen LogP contribution >= 0.6 is 23.5 Å². The van der Waals surface area contributed by atoms with Gasteiger partial charge in [0, 0.05) is 12.4 Å². The first-order valence-corrected chi connectivity index (χ1v) is 18.0. The second kappa shape index (κ2) is 13.9. The topological polar surface area (TPSA) is 384 Å². The number of aliphatic hydroxyl groups excluding tert-OH is 3. The third-order valence-corrected chi connectivity index (χ3v) is 10.2. The SMILES string of the molecule is N=c1ccn([C@H]2O[C@@H](COP(=O)(O)OP(=O)(O)OC[C@H]3O[C@@H](n4cnc5c(N)ncnc54)[C@H](OP(=O)(O)O)[C@@H]3O)[C@H](O)[C@@H]2O)cc1C(=O)O. The third-order valence-electron chi connectivity index (χ3n) is 7.09. The van der Waals surface area contributed by atoms with Gasteiger partial charge in [-0.25, -0.2) is 33.4 Å². The highest BCUT2D eigenvalue weighted by Gasteiger charge is 2.50. The molecule has 0 radical (unpaired) electrons. The van der Waals surface area contributed by atoms with E-state index in [1.54, 1.807) is 0 Å². The van der Waals surface area contributed by atoms with E-state index in [1.165, 1.54) is 6.20 Å². The molecule has 270 valence electrons. The van der Waals surface area contributed by atoms with Crippen LogP contribution in [0.15, 0.2) is 31.1 Å². The number of fused-ring (bicyclic) bond motifs is 1. The van der Waals surface area contributed by atoms with Crippen LogP contribution in [0.5, 0.6) is 0 Å². The molecule has 2 unspecified atom stereocenters. The average molecular weight is 759 g/mol. The fourth-order valence-corrected chi connectivity index (χ4v) is 7.51. The smallest absolute Gasteiger partial charge is 0.478 e. The summed E-state index contributed by atoms with van der Waals surface area (Å²) in [6.45, 7) is -2.12. The number of ether oxygens (including phenoxy) is 2. The van der Waals surface area contributed by atoms with Gasteiger partial charge in [-0.1, -0.05) is 0 Å². The lowest BCUT2D eigenvalue weighted by molar-refractivity contribution is -0.0540. The van der Waals surface area contributed by atoms with Crippen LogP contribution in [0.4, 0.5) is 5.82 Å². The molecule has 2 fully saturated rings. The maximum absolute atomic E-state index is 12.6. The van der Waals surface area contributed by atoms with Crippen molar-refractivity contribution in [2.75, 3.05) is 18.9 Å². The Kier molecular flexibility index (Phi) is 10.6. The van der Waals surface area contributed by atoms with Crippen molar-refractivity contribution in [1.82, 2.24) is 24.1 Å². The van der Waals surface area contributed by atoms with Crippen LogP contribution in [0.25, 0.3) is 11.2 Å². The number of hydrogen-bond acceptors (Lipinski definition) is 18. The molecule has 2 aliphatic heterocycles. The van der Waals surface area contributed by atoms with E-state index < -0.39 is 97.3 Å². The number of aromatic carboxylic acids is 1. The Balaban J connectivity index is 1.21. The summed E-state index contributed by atoms with van der Waals surface area (Å²) in [7, 11) is -16.4. The number of phosphoric ester groups is 3. The van der Waals surface area contributed by atoms with Crippen molar-refractivity contribution in [2.24, 2.45) is 0 Å². The minimum atomic E-state index is -5.56. The fourth-order valence-electron chi connectivity index (χ4n) is 4.87. The third kappa shape index (κ3) is 8.30. The average Bonchev–Trinajstić information content (AvgIpc) is 3.64. The van der Waals surface area contributed by atoms with Gasteiger partial charge in [-0.15, -0.1) is 0 Å². The molecular weight excluding hydrogens is 731 g/mol. The number of carboxylic acids is 1. The van der Waals surface area contributed by atoms with Crippen molar-refractivity contribution in [3.63, 3.8) is 0 Å². The van der Waals surface area contributed by atoms with E-state index in [9.17, 15) is 58.5 Å². The van der Waals surface area contributed by atoms with Crippen molar-refractivity contribution in [3.05, 3.63) is 42.0 Å². The second-order valence-corrected chi connectivity index (χ2v) is 14.6. The summed E-state index contributed by atoms with van der Waals surface area (Å²) in [6.07, 6.45) is -9.37. The number of pyridine rings is 1. The van der Waals surface area contributed by atoms with Gasteiger partial charge >= 0.3 is 29.4 Å². The Morgan fingerprint density at radius 2 is 1.55 bits per heavy atom. The maximum atomic E-state index is 12.6. The van der Waals surface area contributed by atoms with Crippen molar-refractivity contribution < 1.29 is 85.8 Å². The van der Waals surface area contributed by atoms with Crippen molar-refractivity contribution in [2.45, 2.75) is 49.1 Å². The predicted molar refractivity (Wildman–Crippen MR) is 152 cm³/mol. The Labute approximate surface area is 272 Å². The molecule has 28 heteroatoms. The fraction of sp³-hybridized carbons (Fsp3) is 0.476. The Morgan fingerprint density at radius 1 is 0.939 bits per heavy atom. The van der Waals surface area contributed by atoms with E-state index in [2.05, 4.69) is 32.8 Å². The second-order valence-electron chi connectivity index (χ2n) is 10.4. The molecule has 0 aliphatic carbocycles. The largest absolute Gasteiger partial charge is 0.481 e. The Morgan fingerprint density at radius 3 is 2.16 bits per heavy atom. The molecular formula is C21H28N7O18P3. The lowest BCUT2D eigenvalue weighted by atomic mass is 10.1. The Hall–Kier alpha value is -3.06. The molecule has 0 spiro atoms. The molecule has 5 heterocycles. The molecule has 11 N–H and O–H groups in total. The number of phosphoric acid groups is 3. The summed E-state index contributed by atoms with van der Waals surface area (Å²) in [6, 6.07) is 1.08. The summed E-state index contributed by atoms with van der Waals surface area (Å²) in [4.78, 5) is 62.0. The molecule has 10 atom stereocenters. The molecule has 3 aromatic rings. The molecule has 0 amide bonds. The first-order valence-electron chi connectivity index (χ1n) is 13.4. The number of hydrogen-bond donors (Lipinski definition) is 10. The minimum Gasteiger partial charge on any atom is -0.478 e. The zero-order valence-corrected chi connectivity index (χ0v) is 26.9. The maximum Gasteiger partial charge on any atom is 0.481 e. The van der Waals surface area contributed by atoms with E-state index in [4.69, 9.17) is 20.6 Å². The monoisotopic (exact) mass is 759 g/mol. The standard InChI is InChI=1S/C21H28N7O18P3/c22-9-1-2-27(3-8(9)21(32)33)19-15(31)13(29)10(43-19)4-41-48(37,38)46-49(39,40)42-5-11-14(30)16(45-47(34,35)36)20(44-11)28-7-26-12-17(23)24-6-25-18(12)28/h1-3,6-7,10-11,13-16,19-20,22,29-31H,4-5H2,(H,32,33)(H,37,38)(H,39,40)(H2,23,24,25)(H2,34,35,36)/t10-,11+,13-,14+,15-,16+,19-,20+/m0/s1. The van der Waals surface area contributed by atoms with Gasteiger partial charge in [-0.05, 0) is 6.07 Å². The van der Waals surface area contributed by atoms with Gasteiger partial charge in [0.2, 0.25) is 0 Å². The van der Waals surface area contributed by atoms with Gasteiger partial charge < -0.3 is 59.8 Å². The van der Waals surface area contributed by atoms with Crippen LogP contribution in [-0.4, -0.2) is 120 Å². The molecule has 3 aromatic heterocycles. The van der Waals surface area contributed by atoms with E-state index in [0.29, 0.717) is 0 Å². The number of nitrogens with two attached hydrogens (primary N) is 1. The van der Waals surface area contributed by atoms with Gasteiger partial charge in [0.1, 0.15) is 54.0 Å². The molecule has 0 bridgehead atoms.